The van der Waals surface area contributed by atoms with Crippen LogP contribution in [0.5, 0.6) is 0 Å². The number of unbranched alkanes of at least 4 members (excludes halogenated alkanes) is 1. The molecule has 0 saturated heterocycles. The molecule has 0 spiro atoms. The van der Waals surface area contributed by atoms with Crippen molar-refractivity contribution in [3.05, 3.63) is 30.1 Å². The van der Waals surface area contributed by atoms with Gasteiger partial charge in [-0.2, -0.15) is 0 Å². The predicted octanol–water partition coefficient (Wildman–Crippen LogP) is 1.75. The molecule has 0 fully saturated rings. The largest absolute Gasteiger partial charge is 0.396 e. The van der Waals surface area contributed by atoms with Crippen molar-refractivity contribution in [3.63, 3.8) is 0 Å². The molecule has 0 radical (unpaired) electrons. The van der Waals surface area contributed by atoms with Crippen LogP contribution in [0, 0.1) is 5.82 Å². The number of benzene rings is 1. The summed E-state index contributed by atoms with van der Waals surface area (Å²) in [6.45, 7) is 2.29. The predicted molar refractivity (Wildman–Crippen MR) is 68.6 cm³/mol. The van der Waals surface area contributed by atoms with Crippen LogP contribution in [-0.2, 0) is 0 Å². The van der Waals surface area contributed by atoms with E-state index in [1.807, 2.05) is 11.0 Å². The lowest BCUT2D eigenvalue weighted by Gasteiger charge is -2.25. The lowest BCUT2D eigenvalue weighted by Crippen LogP contribution is -2.28. The second kappa shape index (κ2) is 8.03. The first-order chi connectivity index (χ1) is 8.29. The molecule has 4 heteroatoms. The summed E-state index contributed by atoms with van der Waals surface area (Å²) >= 11 is 0. The van der Waals surface area contributed by atoms with Gasteiger partial charge < -0.3 is 15.7 Å². The van der Waals surface area contributed by atoms with Crippen molar-refractivity contribution in [3.8, 4) is 0 Å². The van der Waals surface area contributed by atoms with Crippen LogP contribution in [-0.4, -0.2) is 31.3 Å². The summed E-state index contributed by atoms with van der Waals surface area (Å²) in [6.07, 6.45) is 2.44. The maximum atomic E-state index is 13.7. The summed E-state index contributed by atoms with van der Waals surface area (Å²) in [4.78, 5) is 2.00. The van der Waals surface area contributed by atoms with E-state index in [0.29, 0.717) is 12.2 Å². The number of aliphatic hydroxyl groups excluding tert-OH is 1. The summed E-state index contributed by atoms with van der Waals surface area (Å²) in [5, 5.41) is 8.77. The highest BCUT2D eigenvalue weighted by molar-refractivity contribution is 5.47. The molecular weight excluding hydrogens is 219 g/mol. The molecule has 1 aromatic carbocycles. The number of rotatable bonds is 8. The van der Waals surface area contributed by atoms with E-state index in [1.54, 1.807) is 12.1 Å². The maximum Gasteiger partial charge on any atom is 0.146 e. The molecule has 0 aliphatic rings. The summed E-state index contributed by atoms with van der Waals surface area (Å²) in [5.74, 6) is -0.200. The van der Waals surface area contributed by atoms with Crippen molar-refractivity contribution < 1.29 is 9.50 Å². The number of anilines is 1. The standard InChI is InChI=1S/C13H21FN2O/c14-12-6-1-2-7-13(12)16(10-5-8-15)9-3-4-11-17/h1-2,6-7,17H,3-5,8-11,15H2. The third-order valence-corrected chi connectivity index (χ3v) is 2.66. The minimum atomic E-state index is -0.200. The van der Waals surface area contributed by atoms with Gasteiger partial charge in [-0.3, -0.25) is 0 Å². The van der Waals surface area contributed by atoms with Crippen molar-refractivity contribution in [1.29, 1.82) is 0 Å². The highest BCUT2D eigenvalue weighted by Gasteiger charge is 2.09. The molecule has 0 aliphatic heterocycles. The molecule has 0 aliphatic carbocycles. The Bertz CT molecular complexity index is 320. The van der Waals surface area contributed by atoms with Crippen LogP contribution in [0.25, 0.3) is 0 Å². The van der Waals surface area contributed by atoms with E-state index in [0.717, 1.165) is 32.4 Å². The smallest absolute Gasteiger partial charge is 0.146 e. The van der Waals surface area contributed by atoms with Crippen molar-refractivity contribution in [2.24, 2.45) is 5.73 Å². The van der Waals surface area contributed by atoms with Crippen molar-refractivity contribution in [2.45, 2.75) is 19.3 Å². The first-order valence-electron chi connectivity index (χ1n) is 6.10. The average Bonchev–Trinajstić information content (AvgIpc) is 2.35. The van der Waals surface area contributed by atoms with E-state index < -0.39 is 0 Å². The molecule has 3 nitrogen and oxygen atoms in total. The van der Waals surface area contributed by atoms with Crippen molar-refractivity contribution in [2.75, 3.05) is 31.1 Å². The molecular formula is C13H21FN2O. The van der Waals surface area contributed by atoms with Crippen molar-refractivity contribution in [1.82, 2.24) is 0 Å². The molecule has 0 atom stereocenters. The van der Waals surface area contributed by atoms with Crippen LogP contribution in [0.1, 0.15) is 19.3 Å². The fraction of sp³-hybridized carbons (Fsp3) is 0.538. The van der Waals surface area contributed by atoms with Gasteiger partial charge in [0.2, 0.25) is 0 Å². The lowest BCUT2D eigenvalue weighted by atomic mass is 10.2. The molecule has 96 valence electrons. The maximum absolute atomic E-state index is 13.7. The van der Waals surface area contributed by atoms with Gasteiger partial charge >= 0.3 is 0 Å². The fourth-order valence-corrected chi connectivity index (χ4v) is 1.76. The van der Waals surface area contributed by atoms with Crippen LogP contribution in [0.15, 0.2) is 24.3 Å². The van der Waals surface area contributed by atoms with Gasteiger partial charge in [0.25, 0.3) is 0 Å². The van der Waals surface area contributed by atoms with E-state index in [4.69, 9.17) is 10.8 Å². The van der Waals surface area contributed by atoms with Gasteiger partial charge in [0, 0.05) is 19.7 Å². The summed E-state index contributed by atoms with van der Waals surface area (Å²) < 4.78 is 13.7. The van der Waals surface area contributed by atoms with Gasteiger partial charge in [-0.05, 0) is 37.9 Å². The summed E-state index contributed by atoms with van der Waals surface area (Å²) in [7, 11) is 0. The molecule has 1 rings (SSSR count). The quantitative estimate of drug-likeness (QED) is 0.681. The Morgan fingerprint density at radius 2 is 1.82 bits per heavy atom. The average molecular weight is 240 g/mol. The summed E-state index contributed by atoms with van der Waals surface area (Å²) in [6, 6.07) is 6.77. The SMILES string of the molecule is NCCCN(CCCCO)c1ccccc1F. The van der Waals surface area contributed by atoms with Crippen LogP contribution in [0.4, 0.5) is 10.1 Å². The van der Waals surface area contributed by atoms with Crippen LogP contribution in [0.2, 0.25) is 0 Å². The van der Waals surface area contributed by atoms with E-state index in [1.165, 1.54) is 6.07 Å². The van der Waals surface area contributed by atoms with Crippen LogP contribution >= 0.6 is 0 Å². The molecule has 0 saturated carbocycles. The van der Waals surface area contributed by atoms with Gasteiger partial charge in [-0.25, -0.2) is 4.39 Å². The zero-order chi connectivity index (χ0) is 12.5. The molecule has 0 amide bonds. The van der Waals surface area contributed by atoms with E-state index in [9.17, 15) is 4.39 Å². The van der Waals surface area contributed by atoms with Gasteiger partial charge in [0.1, 0.15) is 5.82 Å². The molecule has 3 N–H and O–H groups in total. The third-order valence-electron chi connectivity index (χ3n) is 2.66. The fourth-order valence-electron chi connectivity index (χ4n) is 1.76. The Kier molecular flexibility index (Phi) is 6.58. The first kappa shape index (κ1) is 13.9. The Morgan fingerprint density at radius 1 is 1.12 bits per heavy atom. The molecule has 0 aromatic heterocycles. The Labute approximate surface area is 102 Å². The molecule has 0 unspecified atom stereocenters. The van der Waals surface area contributed by atoms with E-state index in [2.05, 4.69) is 0 Å². The lowest BCUT2D eigenvalue weighted by molar-refractivity contribution is 0.285. The van der Waals surface area contributed by atoms with Gasteiger partial charge in [-0.15, -0.1) is 0 Å². The number of nitrogens with zero attached hydrogens (tertiary/aromatic N) is 1. The van der Waals surface area contributed by atoms with Gasteiger partial charge in [-0.1, -0.05) is 12.1 Å². The Morgan fingerprint density at radius 3 is 2.47 bits per heavy atom. The minimum absolute atomic E-state index is 0.183. The monoisotopic (exact) mass is 240 g/mol. The Hall–Kier alpha value is -1.13. The molecule has 1 aromatic rings. The normalized spacial score (nSPS) is 10.5. The van der Waals surface area contributed by atoms with Gasteiger partial charge in [0.15, 0.2) is 0 Å². The number of hydrogen-bond acceptors (Lipinski definition) is 3. The Balaban J connectivity index is 2.64. The second-order valence-electron chi connectivity index (χ2n) is 4.01. The van der Waals surface area contributed by atoms with Crippen molar-refractivity contribution >= 4 is 5.69 Å². The van der Waals surface area contributed by atoms with Crippen LogP contribution < -0.4 is 10.6 Å². The topological polar surface area (TPSA) is 49.5 Å². The highest BCUT2D eigenvalue weighted by Crippen LogP contribution is 2.19. The third kappa shape index (κ3) is 4.71. The second-order valence-corrected chi connectivity index (χ2v) is 4.01. The zero-order valence-electron chi connectivity index (χ0n) is 10.1. The molecule has 0 bridgehead atoms. The number of nitrogens with two attached hydrogens (primary N) is 1. The zero-order valence-corrected chi connectivity index (χ0v) is 10.1. The molecule has 17 heavy (non-hydrogen) atoms. The van der Waals surface area contributed by atoms with Gasteiger partial charge in [0.05, 0.1) is 5.69 Å². The number of para-hydroxylation sites is 1. The van der Waals surface area contributed by atoms with E-state index >= 15 is 0 Å². The first-order valence-corrected chi connectivity index (χ1v) is 6.10. The minimum Gasteiger partial charge on any atom is -0.396 e. The highest BCUT2D eigenvalue weighted by atomic mass is 19.1. The van der Waals surface area contributed by atoms with Crippen LogP contribution in [0.3, 0.4) is 0 Å². The number of halogens is 1. The number of hydrogen-bond donors (Lipinski definition) is 2. The molecule has 0 heterocycles. The van der Waals surface area contributed by atoms with E-state index in [-0.39, 0.29) is 12.4 Å². The number of aliphatic hydroxyl groups is 1. The summed E-state index contributed by atoms with van der Waals surface area (Å²) in [5.41, 5.74) is 6.11.